The lowest BCUT2D eigenvalue weighted by Crippen LogP contribution is -1.79. The van der Waals surface area contributed by atoms with Crippen LogP contribution in [0.3, 0.4) is 0 Å². The second kappa shape index (κ2) is 2.42. The molecule has 0 spiro atoms. The van der Waals surface area contributed by atoms with E-state index in [0.717, 1.165) is 29.0 Å². The summed E-state index contributed by atoms with van der Waals surface area (Å²) in [6.07, 6.45) is 2.19. The van der Waals surface area contributed by atoms with E-state index in [9.17, 15) is 0 Å². The molecule has 2 heteroatoms. The van der Waals surface area contributed by atoms with Gasteiger partial charge < -0.3 is 4.42 Å². The third-order valence-corrected chi connectivity index (χ3v) is 2.11. The van der Waals surface area contributed by atoms with Gasteiger partial charge in [0.25, 0.3) is 0 Å². The summed E-state index contributed by atoms with van der Waals surface area (Å²) < 4.78 is 5.37. The van der Waals surface area contributed by atoms with Gasteiger partial charge in [-0.15, -0.1) is 0 Å². The van der Waals surface area contributed by atoms with Crippen LogP contribution in [0.5, 0.6) is 0 Å². The van der Waals surface area contributed by atoms with Gasteiger partial charge in [0.05, 0.1) is 5.02 Å². The number of hydrogen-bond donors (Lipinski definition) is 0. The van der Waals surface area contributed by atoms with Crippen molar-refractivity contribution < 1.29 is 4.42 Å². The molecule has 0 N–H and O–H groups in total. The summed E-state index contributed by atoms with van der Waals surface area (Å²) in [4.78, 5) is 0. The molecule has 0 aliphatic carbocycles. The fraction of sp³-hybridized carbons (Fsp3) is 0.333. The van der Waals surface area contributed by atoms with Crippen LogP contribution in [0.1, 0.15) is 18.9 Å². The molecule has 58 valence electrons. The van der Waals surface area contributed by atoms with Crippen LogP contribution in [-0.2, 0) is 6.42 Å². The first-order valence-electron chi connectivity index (χ1n) is 3.81. The predicted octanol–water partition coefficient (Wildman–Crippen LogP) is 3.48. The number of hydrogen-bond acceptors (Lipinski definition) is 1. The third kappa shape index (κ3) is 1.000. The van der Waals surface area contributed by atoms with Crippen molar-refractivity contribution in [3.05, 3.63) is 22.7 Å². The van der Waals surface area contributed by atoms with Crippen LogP contribution in [0.4, 0.5) is 0 Å². The standard InChI is InChI=1S/C9H9ClO/c1-2-3-6-4-7-5-8(10)9(6)11-7/h4-5H,2-3H2,1H3. The van der Waals surface area contributed by atoms with Crippen LogP contribution in [-0.4, -0.2) is 0 Å². The molecule has 0 aliphatic rings. The zero-order chi connectivity index (χ0) is 7.84. The highest BCUT2D eigenvalue weighted by atomic mass is 35.5. The molecular formula is C9H9ClO. The number of benzene rings is 1. The molecule has 2 heterocycles. The van der Waals surface area contributed by atoms with Gasteiger partial charge >= 0.3 is 0 Å². The summed E-state index contributed by atoms with van der Waals surface area (Å²) in [5.41, 5.74) is 3.02. The minimum Gasteiger partial charge on any atom is -0.455 e. The van der Waals surface area contributed by atoms with Crippen molar-refractivity contribution in [1.29, 1.82) is 0 Å². The topological polar surface area (TPSA) is 13.1 Å². The Morgan fingerprint density at radius 3 is 2.82 bits per heavy atom. The molecule has 0 amide bonds. The Kier molecular flexibility index (Phi) is 1.53. The maximum absolute atomic E-state index is 5.88. The summed E-state index contributed by atoms with van der Waals surface area (Å²) in [5.74, 6) is 0. The molecule has 2 aromatic rings. The zero-order valence-corrected chi connectivity index (χ0v) is 7.11. The lowest BCUT2D eigenvalue weighted by Gasteiger charge is -1.92. The lowest BCUT2D eigenvalue weighted by atomic mass is 10.1. The Bertz CT molecular complexity index is 350. The minimum atomic E-state index is 0.756. The first-order valence-corrected chi connectivity index (χ1v) is 4.19. The molecule has 11 heavy (non-hydrogen) atoms. The highest BCUT2D eigenvalue weighted by Crippen LogP contribution is 2.31. The van der Waals surface area contributed by atoms with E-state index in [1.165, 1.54) is 5.56 Å². The summed E-state index contributed by atoms with van der Waals surface area (Å²) in [7, 11) is 0. The fourth-order valence-corrected chi connectivity index (χ4v) is 1.64. The van der Waals surface area contributed by atoms with Crippen LogP contribution in [0.15, 0.2) is 16.5 Å². The Labute approximate surface area is 70.3 Å². The van der Waals surface area contributed by atoms with Crippen molar-refractivity contribution in [2.75, 3.05) is 0 Å². The van der Waals surface area contributed by atoms with Gasteiger partial charge in [0.2, 0.25) is 0 Å². The Balaban J connectivity index is 2.49. The van der Waals surface area contributed by atoms with E-state index in [1.54, 1.807) is 0 Å². The first-order chi connectivity index (χ1) is 5.31. The molecule has 0 aromatic carbocycles. The Morgan fingerprint density at radius 2 is 2.27 bits per heavy atom. The van der Waals surface area contributed by atoms with Gasteiger partial charge in [-0.05, 0) is 12.5 Å². The van der Waals surface area contributed by atoms with E-state index in [4.69, 9.17) is 16.0 Å². The van der Waals surface area contributed by atoms with E-state index in [-0.39, 0.29) is 0 Å². The van der Waals surface area contributed by atoms with E-state index in [2.05, 4.69) is 13.0 Å². The maximum Gasteiger partial charge on any atom is 0.149 e. The summed E-state index contributed by atoms with van der Waals surface area (Å²) in [5, 5.41) is 0.756. The molecule has 1 nitrogen and oxygen atoms in total. The molecule has 0 radical (unpaired) electrons. The highest BCUT2D eigenvalue weighted by molar-refractivity contribution is 6.34. The SMILES string of the molecule is CCCc1cc2cc(Cl)c1o2. The second-order valence-corrected chi connectivity index (χ2v) is 3.15. The smallest absolute Gasteiger partial charge is 0.149 e. The quantitative estimate of drug-likeness (QED) is 0.669. The first kappa shape index (κ1) is 6.99. The largest absolute Gasteiger partial charge is 0.455 e. The van der Waals surface area contributed by atoms with Gasteiger partial charge in [-0.2, -0.15) is 0 Å². The Morgan fingerprint density at radius 1 is 1.45 bits per heavy atom. The van der Waals surface area contributed by atoms with Crippen LogP contribution in [0.2, 0.25) is 5.02 Å². The molecule has 2 aromatic heterocycles. The molecule has 0 aliphatic heterocycles. The third-order valence-electron chi connectivity index (χ3n) is 1.83. The van der Waals surface area contributed by atoms with E-state index in [1.807, 2.05) is 6.07 Å². The number of fused-ring (bicyclic) bond motifs is 2. The second-order valence-electron chi connectivity index (χ2n) is 2.75. The van der Waals surface area contributed by atoms with Gasteiger partial charge in [0, 0.05) is 11.6 Å². The lowest BCUT2D eigenvalue weighted by molar-refractivity contribution is 0.671. The van der Waals surface area contributed by atoms with Crippen molar-refractivity contribution in [2.45, 2.75) is 19.8 Å². The molecule has 2 rings (SSSR count). The minimum absolute atomic E-state index is 0.756. The average Bonchev–Trinajstić information content (AvgIpc) is 2.46. The maximum atomic E-state index is 5.88. The predicted molar refractivity (Wildman–Crippen MR) is 46.4 cm³/mol. The van der Waals surface area contributed by atoms with Crippen LogP contribution < -0.4 is 0 Å². The molecular weight excluding hydrogens is 160 g/mol. The number of halogens is 1. The van der Waals surface area contributed by atoms with Crippen molar-refractivity contribution >= 4 is 22.8 Å². The van der Waals surface area contributed by atoms with Gasteiger partial charge in [0.15, 0.2) is 0 Å². The Hall–Kier alpha value is -0.690. The van der Waals surface area contributed by atoms with Crippen LogP contribution in [0.25, 0.3) is 11.2 Å². The fourth-order valence-electron chi connectivity index (χ4n) is 1.37. The monoisotopic (exact) mass is 168 g/mol. The summed E-state index contributed by atoms with van der Waals surface area (Å²) in [6, 6.07) is 3.92. The highest BCUT2D eigenvalue weighted by Gasteiger charge is 2.10. The normalized spacial score (nSPS) is 11.5. The molecule has 0 saturated heterocycles. The average molecular weight is 169 g/mol. The molecule has 0 unspecified atom stereocenters. The molecule has 0 atom stereocenters. The van der Waals surface area contributed by atoms with Crippen LogP contribution >= 0.6 is 11.6 Å². The zero-order valence-electron chi connectivity index (χ0n) is 6.36. The summed E-state index contributed by atoms with van der Waals surface area (Å²) >= 11 is 5.88. The number of aryl methyl sites for hydroxylation is 1. The van der Waals surface area contributed by atoms with E-state index in [0.29, 0.717) is 0 Å². The molecule has 0 saturated carbocycles. The van der Waals surface area contributed by atoms with Crippen molar-refractivity contribution in [3.63, 3.8) is 0 Å². The molecule has 2 bridgehead atoms. The van der Waals surface area contributed by atoms with Gasteiger partial charge in [-0.3, -0.25) is 0 Å². The molecule has 0 fully saturated rings. The van der Waals surface area contributed by atoms with Gasteiger partial charge in [0.1, 0.15) is 11.2 Å². The van der Waals surface area contributed by atoms with E-state index >= 15 is 0 Å². The summed E-state index contributed by atoms with van der Waals surface area (Å²) in [6.45, 7) is 2.15. The van der Waals surface area contributed by atoms with Crippen molar-refractivity contribution in [3.8, 4) is 0 Å². The van der Waals surface area contributed by atoms with Gasteiger partial charge in [-0.25, -0.2) is 0 Å². The van der Waals surface area contributed by atoms with Crippen LogP contribution in [0, 0.1) is 0 Å². The van der Waals surface area contributed by atoms with E-state index < -0.39 is 0 Å². The van der Waals surface area contributed by atoms with Crippen molar-refractivity contribution in [1.82, 2.24) is 0 Å². The number of rotatable bonds is 2. The van der Waals surface area contributed by atoms with Crippen molar-refractivity contribution in [2.24, 2.45) is 0 Å². The number of furan rings is 2. The van der Waals surface area contributed by atoms with Gasteiger partial charge in [-0.1, -0.05) is 24.9 Å².